The molecule has 23 heavy (non-hydrogen) atoms. The Morgan fingerprint density at radius 1 is 1.13 bits per heavy atom. The summed E-state index contributed by atoms with van der Waals surface area (Å²) in [5.41, 5.74) is 1.03. The van der Waals surface area contributed by atoms with E-state index in [1.54, 1.807) is 29.2 Å². The number of nitrogens with one attached hydrogen (secondary N) is 1. The van der Waals surface area contributed by atoms with Crippen LogP contribution < -0.4 is 5.32 Å². The first kappa shape index (κ1) is 17.9. The van der Waals surface area contributed by atoms with E-state index in [2.05, 4.69) is 5.32 Å². The Morgan fingerprint density at radius 3 is 2.22 bits per heavy atom. The van der Waals surface area contributed by atoms with Gasteiger partial charge in [-0.1, -0.05) is 31.5 Å². The minimum Gasteiger partial charge on any atom is -0.339 e. The number of hydrogen-bond donors (Lipinski definition) is 1. The van der Waals surface area contributed by atoms with Crippen molar-refractivity contribution >= 4 is 15.9 Å². The second kappa shape index (κ2) is 7.42. The van der Waals surface area contributed by atoms with Crippen LogP contribution in [0.25, 0.3) is 0 Å². The van der Waals surface area contributed by atoms with Gasteiger partial charge in [0.1, 0.15) is 0 Å². The molecule has 0 atom stereocenters. The molecular formula is C16H25N3O3S. The Hall–Kier alpha value is -1.44. The van der Waals surface area contributed by atoms with Gasteiger partial charge in [0.25, 0.3) is 0 Å². The maximum atomic E-state index is 12.6. The quantitative estimate of drug-likeness (QED) is 0.862. The maximum absolute atomic E-state index is 12.6. The zero-order chi connectivity index (χ0) is 17.0. The predicted octanol–water partition coefficient (Wildman–Crippen LogP) is 0.826. The first-order valence-corrected chi connectivity index (χ1v) is 9.32. The van der Waals surface area contributed by atoms with Crippen molar-refractivity contribution in [3.05, 3.63) is 29.8 Å². The molecule has 0 radical (unpaired) electrons. The van der Waals surface area contributed by atoms with Crippen molar-refractivity contribution in [1.82, 2.24) is 14.5 Å². The predicted molar refractivity (Wildman–Crippen MR) is 89.7 cm³/mol. The van der Waals surface area contributed by atoms with Gasteiger partial charge in [-0.05, 0) is 19.1 Å². The molecule has 6 nitrogen and oxygen atoms in total. The van der Waals surface area contributed by atoms with Crippen LogP contribution in [-0.2, 0) is 14.8 Å². The molecule has 1 aromatic carbocycles. The molecule has 7 heteroatoms. The van der Waals surface area contributed by atoms with Crippen LogP contribution in [0.4, 0.5) is 0 Å². The third-order valence-corrected chi connectivity index (χ3v) is 5.82. The summed E-state index contributed by atoms with van der Waals surface area (Å²) in [6, 6.07) is 7.11. The lowest BCUT2D eigenvalue weighted by Gasteiger charge is -2.34. The van der Waals surface area contributed by atoms with Crippen LogP contribution >= 0.6 is 0 Å². The monoisotopic (exact) mass is 339 g/mol. The van der Waals surface area contributed by atoms with Crippen LogP contribution in [0.1, 0.15) is 19.4 Å². The zero-order valence-corrected chi connectivity index (χ0v) is 14.8. The van der Waals surface area contributed by atoms with E-state index < -0.39 is 10.0 Å². The molecule has 0 spiro atoms. The first-order valence-electron chi connectivity index (χ1n) is 7.88. The number of aryl methyl sites for hydroxylation is 1. The lowest BCUT2D eigenvalue weighted by atomic mass is 10.2. The van der Waals surface area contributed by atoms with E-state index in [4.69, 9.17) is 0 Å². The van der Waals surface area contributed by atoms with Gasteiger partial charge in [-0.3, -0.25) is 4.79 Å². The van der Waals surface area contributed by atoms with Crippen molar-refractivity contribution in [1.29, 1.82) is 0 Å². The van der Waals surface area contributed by atoms with Crippen molar-refractivity contribution < 1.29 is 13.2 Å². The van der Waals surface area contributed by atoms with Crippen LogP contribution in [-0.4, -0.2) is 62.3 Å². The van der Waals surface area contributed by atoms with Gasteiger partial charge in [-0.15, -0.1) is 0 Å². The molecule has 2 rings (SSSR count). The Bertz CT molecular complexity index is 633. The Balaban J connectivity index is 1.95. The molecule has 1 heterocycles. The molecule has 0 saturated carbocycles. The van der Waals surface area contributed by atoms with E-state index in [1.165, 1.54) is 4.31 Å². The fourth-order valence-electron chi connectivity index (χ4n) is 2.44. The molecule has 1 fully saturated rings. The van der Waals surface area contributed by atoms with Gasteiger partial charge < -0.3 is 10.2 Å². The second-order valence-electron chi connectivity index (χ2n) is 6.13. The highest BCUT2D eigenvalue weighted by molar-refractivity contribution is 7.89. The van der Waals surface area contributed by atoms with Gasteiger partial charge in [0.05, 0.1) is 11.4 Å². The fraction of sp³-hybridized carbons (Fsp3) is 0.562. The topological polar surface area (TPSA) is 69.7 Å². The Kier molecular flexibility index (Phi) is 5.78. The third kappa shape index (κ3) is 4.53. The number of benzene rings is 1. The molecule has 0 aliphatic carbocycles. The van der Waals surface area contributed by atoms with E-state index in [1.807, 2.05) is 20.8 Å². The first-order chi connectivity index (χ1) is 10.8. The molecule has 1 N–H and O–H groups in total. The molecule has 0 unspecified atom stereocenters. The van der Waals surface area contributed by atoms with Crippen molar-refractivity contribution in [2.24, 2.45) is 0 Å². The number of nitrogens with zero attached hydrogens (tertiary/aromatic N) is 2. The van der Waals surface area contributed by atoms with E-state index in [0.29, 0.717) is 37.6 Å². The molecule has 1 aliphatic rings. The Labute approximate surface area is 138 Å². The average Bonchev–Trinajstić information content (AvgIpc) is 2.53. The summed E-state index contributed by atoms with van der Waals surface area (Å²) < 4.78 is 26.7. The standard InChI is InChI=1S/C16H25N3O3S/c1-13(2)17-12-16(20)18-8-10-19(11-9-18)23(21,22)15-6-4-14(3)5-7-15/h4-7,13,17H,8-12H2,1-3H3. The molecule has 1 aliphatic heterocycles. The third-order valence-electron chi connectivity index (χ3n) is 3.91. The minimum absolute atomic E-state index is 0.0195. The molecule has 1 saturated heterocycles. The summed E-state index contributed by atoms with van der Waals surface area (Å²) in [4.78, 5) is 14.1. The number of rotatable bonds is 5. The number of amides is 1. The highest BCUT2D eigenvalue weighted by atomic mass is 32.2. The van der Waals surface area contributed by atoms with E-state index >= 15 is 0 Å². The lowest BCUT2D eigenvalue weighted by molar-refractivity contribution is -0.131. The molecule has 0 bridgehead atoms. The second-order valence-corrected chi connectivity index (χ2v) is 8.07. The van der Waals surface area contributed by atoms with Crippen LogP contribution in [0.3, 0.4) is 0 Å². The number of carbonyl (C=O) groups excluding carboxylic acids is 1. The summed E-state index contributed by atoms with van der Waals surface area (Å²) in [5.74, 6) is 0.0195. The number of piperazine rings is 1. The van der Waals surface area contributed by atoms with Crippen molar-refractivity contribution in [3.8, 4) is 0 Å². The van der Waals surface area contributed by atoms with Crippen LogP contribution in [0, 0.1) is 6.92 Å². The van der Waals surface area contributed by atoms with Crippen molar-refractivity contribution in [3.63, 3.8) is 0 Å². The van der Waals surface area contributed by atoms with Crippen LogP contribution in [0.2, 0.25) is 0 Å². The lowest BCUT2D eigenvalue weighted by Crippen LogP contribution is -2.52. The van der Waals surface area contributed by atoms with Gasteiger partial charge in [-0.2, -0.15) is 4.31 Å². The van der Waals surface area contributed by atoms with Gasteiger partial charge in [0.2, 0.25) is 15.9 Å². The highest BCUT2D eigenvalue weighted by Gasteiger charge is 2.29. The van der Waals surface area contributed by atoms with Gasteiger partial charge in [-0.25, -0.2) is 8.42 Å². The van der Waals surface area contributed by atoms with Crippen molar-refractivity contribution in [2.45, 2.75) is 31.7 Å². The molecular weight excluding hydrogens is 314 g/mol. The minimum atomic E-state index is -3.47. The molecule has 1 amide bonds. The summed E-state index contributed by atoms with van der Waals surface area (Å²) in [7, 11) is -3.47. The maximum Gasteiger partial charge on any atom is 0.243 e. The summed E-state index contributed by atoms with van der Waals surface area (Å²) >= 11 is 0. The SMILES string of the molecule is Cc1ccc(S(=O)(=O)N2CCN(C(=O)CNC(C)C)CC2)cc1. The van der Waals surface area contributed by atoms with Crippen LogP contribution in [0.5, 0.6) is 0 Å². The highest BCUT2D eigenvalue weighted by Crippen LogP contribution is 2.18. The van der Waals surface area contributed by atoms with Crippen LogP contribution in [0.15, 0.2) is 29.2 Å². The van der Waals surface area contributed by atoms with Gasteiger partial charge in [0.15, 0.2) is 0 Å². The summed E-state index contributed by atoms with van der Waals surface area (Å²) in [6.45, 7) is 7.73. The average molecular weight is 339 g/mol. The number of carbonyl (C=O) groups is 1. The van der Waals surface area contributed by atoms with Crippen molar-refractivity contribution in [2.75, 3.05) is 32.7 Å². The smallest absolute Gasteiger partial charge is 0.243 e. The fourth-order valence-corrected chi connectivity index (χ4v) is 3.86. The Morgan fingerprint density at radius 2 is 1.70 bits per heavy atom. The largest absolute Gasteiger partial charge is 0.339 e. The number of hydrogen-bond acceptors (Lipinski definition) is 4. The van der Waals surface area contributed by atoms with Gasteiger partial charge in [0, 0.05) is 32.2 Å². The number of sulfonamides is 1. The zero-order valence-electron chi connectivity index (χ0n) is 13.9. The van der Waals surface area contributed by atoms with E-state index in [-0.39, 0.29) is 11.9 Å². The van der Waals surface area contributed by atoms with E-state index in [9.17, 15) is 13.2 Å². The van der Waals surface area contributed by atoms with Gasteiger partial charge >= 0.3 is 0 Å². The molecule has 0 aromatic heterocycles. The normalized spacial score (nSPS) is 16.8. The molecule has 1 aromatic rings. The molecule has 128 valence electrons. The van der Waals surface area contributed by atoms with E-state index in [0.717, 1.165) is 5.56 Å². The summed E-state index contributed by atoms with van der Waals surface area (Å²) in [5, 5.41) is 3.09. The summed E-state index contributed by atoms with van der Waals surface area (Å²) in [6.07, 6.45) is 0.